The van der Waals surface area contributed by atoms with E-state index in [9.17, 15) is 4.39 Å². The average Bonchev–Trinajstić information content (AvgIpc) is 2.77. The first-order chi connectivity index (χ1) is 8.11. The quantitative estimate of drug-likeness (QED) is 0.754. The second-order valence-corrected chi connectivity index (χ2v) is 5.31. The summed E-state index contributed by atoms with van der Waals surface area (Å²) in [6, 6.07) is 4.68. The number of nitrogens with zero attached hydrogens (tertiary/aromatic N) is 1. The number of halogens is 2. The molecule has 0 N–H and O–H groups in total. The largest absolute Gasteiger partial charge is 0.241 e. The molecule has 0 spiro atoms. The molecule has 0 aliphatic carbocycles. The summed E-state index contributed by atoms with van der Waals surface area (Å²) in [5, 5.41) is 3.12. The fourth-order valence-electron chi connectivity index (χ4n) is 1.51. The monoisotopic (exact) mass is 269 g/mol. The molecule has 0 saturated carbocycles. The van der Waals surface area contributed by atoms with Crippen LogP contribution in [0.4, 0.5) is 4.39 Å². The Kier molecular flexibility index (Phi) is 3.79. The van der Waals surface area contributed by atoms with Crippen molar-refractivity contribution in [3.63, 3.8) is 0 Å². The van der Waals surface area contributed by atoms with Crippen LogP contribution in [0.25, 0.3) is 10.6 Å². The lowest BCUT2D eigenvalue weighted by Gasteiger charge is -2.03. The minimum absolute atomic E-state index is 0.317. The molecule has 0 fully saturated rings. The van der Waals surface area contributed by atoms with Crippen LogP contribution in [-0.4, -0.2) is 4.98 Å². The van der Waals surface area contributed by atoms with Crippen molar-refractivity contribution in [2.75, 3.05) is 0 Å². The molecule has 0 radical (unpaired) electrons. The Labute approximate surface area is 109 Å². The molecule has 1 aromatic heterocycles. The summed E-state index contributed by atoms with van der Waals surface area (Å²) < 4.78 is 13.7. The van der Waals surface area contributed by atoms with Gasteiger partial charge in [0.15, 0.2) is 0 Å². The molecule has 4 heteroatoms. The van der Waals surface area contributed by atoms with Crippen molar-refractivity contribution < 1.29 is 4.39 Å². The van der Waals surface area contributed by atoms with Crippen LogP contribution in [0.5, 0.6) is 0 Å². The maximum atomic E-state index is 13.7. The van der Waals surface area contributed by atoms with E-state index in [2.05, 4.69) is 18.8 Å². The molecule has 0 bridgehead atoms. The zero-order chi connectivity index (χ0) is 12.4. The van der Waals surface area contributed by atoms with Crippen LogP contribution in [0.15, 0.2) is 23.6 Å². The van der Waals surface area contributed by atoms with Crippen molar-refractivity contribution in [1.29, 1.82) is 0 Å². The van der Waals surface area contributed by atoms with Gasteiger partial charge in [-0.25, -0.2) is 9.37 Å². The lowest BCUT2D eigenvalue weighted by Crippen LogP contribution is -1.91. The minimum atomic E-state index is -0.317. The topological polar surface area (TPSA) is 12.9 Å². The van der Waals surface area contributed by atoms with E-state index in [0.717, 1.165) is 17.1 Å². The average molecular weight is 270 g/mol. The van der Waals surface area contributed by atoms with Gasteiger partial charge in [0.25, 0.3) is 0 Å². The summed E-state index contributed by atoms with van der Waals surface area (Å²) in [6.45, 7) is 4.24. The molecule has 2 aromatic rings. The van der Waals surface area contributed by atoms with Crippen molar-refractivity contribution in [2.45, 2.75) is 26.2 Å². The van der Waals surface area contributed by atoms with E-state index < -0.39 is 0 Å². The van der Waals surface area contributed by atoms with Gasteiger partial charge in [-0.1, -0.05) is 25.4 Å². The number of thiazole rings is 1. The standard InChI is InChI=1S/C13H13ClFNS/c1-3-8(2)12-7-17-13(16-12)10-5-4-9(14)6-11(10)15/h4-8H,3H2,1-2H3. The van der Waals surface area contributed by atoms with Crippen LogP contribution in [0.3, 0.4) is 0 Å². The number of aromatic nitrogens is 1. The summed E-state index contributed by atoms with van der Waals surface area (Å²) in [6.07, 6.45) is 1.03. The van der Waals surface area contributed by atoms with Gasteiger partial charge in [-0.15, -0.1) is 11.3 Å². The number of hydrogen-bond donors (Lipinski definition) is 0. The summed E-state index contributed by atoms with van der Waals surface area (Å²) in [5.41, 5.74) is 1.55. The summed E-state index contributed by atoms with van der Waals surface area (Å²) >= 11 is 7.20. The fourth-order valence-corrected chi connectivity index (χ4v) is 2.64. The van der Waals surface area contributed by atoms with Crippen LogP contribution >= 0.6 is 22.9 Å². The lowest BCUT2D eigenvalue weighted by atomic mass is 10.1. The maximum Gasteiger partial charge on any atom is 0.134 e. The molecule has 0 aliphatic heterocycles. The van der Waals surface area contributed by atoms with Gasteiger partial charge in [0, 0.05) is 16.0 Å². The van der Waals surface area contributed by atoms with E-state index in [1.54, 1.807) is 12.1 Å². The molecular weight excluding hydrogens is 257 g/mol. The summed E-state index contributed by atoms with van der Waals surface area (Å²) in [4.78, 5) is 4.48. The lowest BCUT2D eigenvalue weighted by molar-refractivity contribution is 0.631. The molecule has 1 heterocycles. The third-order valence-corrected chi connectivity index (χ3v) is 3.93. The van der Waals surface area contributed by atoms with E-state index in [1.165, 1.54) is 17.4 Å². The Morgan fingerprint density at radius 2 is 2.24 bits per heavy atom. The van der Waals surface area contributed by atoms with Gasteiger partial charge in [0.1, 0.15) is 10.8 Å². The molecule has 2 rings (SSSR count). The molecule has 0 amide bonds. The van der Waals surface area contributed by atoms with Crippen LogP contribution in [0.2, 0.25) is 5.02 Å². The minimum Gasteiger partial charge on any atom is -0.241 e. The highest BCUT2D eigenvalue weighted by atomic mass is 35.5. The molecule has 0 aliphatic rings. The molecular formula is C13H13ClFNS. The van der Waals surface area contributed by atoms with E-state index in [1.807, 2.05) is 5.38 Å². The van der Waals surface area contributed by atoms with Crippen LogP contribution in [-0.2, 0) is 0 Å². The van der Waals surface area contributed by atoms with Gasteiger partial charge < -0.3 is 0 Å². The molecule has 1 unspecified atom stereocenters. The number of rotatable bonds is 3. The number of hydrogen-bond acceptors (Lipinski definition) is 2. The van der Waals surface area contributed by atoms with Gasteiger partial charge in [-0.3, -0.25) is 0 Å². The highest BCUT2D eigenvalue weighted by molar-refractivity contribution is 7.13. The molecule has 1 atom stereocenters. The van der Waals surface area contributed by atoms with E-state index in [4.69, 9.17) is 11.6 Å². The van der Waals surface area contributed by atoms with Crippen LogP contribution in [0.1, 0.15) is 31.9 Å². The van der Waals surface area contributed by atoms with Crippen molar-refractivity contribution in [3.8, 4) is 10.6 Å². The van der Waals surface area contributed by atoms with E-state index >= 15 is 0 Å². The first-order valence-electron chi connectivity index (χ1n) is 5.52. The van der Waals surface area contributed by atoms with Crippen LogP contribution < -0.4 is 0 Å². The van der Waals surface area contributed by atoms with Gasteiger partial charge in [-0.05, 0) is 30.5 Å². The number of benzene rings is 1. The Morgan fingerprint density at radius 3 is 2.88 bits per heavy atom. The molecule has 90 valence electrons. The van der Waals surface area contributed by atoms with Crippen molar-refractivity contribution in [2.24, 2.45) is 0 Å². The second-order valence-electron chi connectivity index (χ2n) is 4.01. The van der Waals surface area contributed by atoms with Gasteiger partial charge in [0.2, 0.25) is 0 Å². The Hall–Kier alpha value is -0.930. The smallest absolute Gasteiger partial charge is 0.134 e. The first-order valence-corrected chi connectivity index (χ1v) is 6.78. The Balaban J connectivity index is 2.37. The highest BCUT2D eigenvalue weighted by Crippen LogP contribution is 2.30. The third kappa shape index (κ3) is 2.67. The van der Waals surface area contributed by atoms with Gasteiger partial charge >= 0.3 is 0 Å². The predicted octanol–water partition coefficient (Wildman–Crippen LogP) is 5.12. The highest BCUT2D eigenvalue weighted by Gasteiger charge is 2.12. The molecule has 1 aromatic carbocycles. The molecule has 0 saturated heterocycles. The second kappa shape index (κ2) is 5.15. The maximum absolute atomic E-state index is 13.7. The third-order valence-electron chi connectivity index (χ3n) is 2.80. The zero-order valence-corrected chi connectivity index (χ0v) is 11.3. The SMILES string of the molecule is CCC(C)c1csc(-c2ccc(Cl)cc2F)n1. The fraction of sp³-hybridized carbons (Fsp3) is 0.308. The van der Waals surface area contributed by atoms with Crippen molar-refractivity contribution in [3.05, 3.63) is 40.1 Å². The van der Waals surface area contributed by atoms with Crippen molar-refractivity contribution >= 4 is 22.9 Å². The zero-order valence-electron chi connectivity index (χ0n) is 9.71. The Morgan fingerprint density at radius 1 is 1.47 bits per heavy atom. The summed E-state index contributed by atoms with van der Waals surface area (Å²) in [5.74, 6) is 0.0953. The van der Waals surface area contributed by atoms with Gasteiger partial charge in [0.05, 0.1) is 5.69 Å². The van der Waals surface area contributed by atoms with E-state index in [-0.39, 0.29) is 5.82 Å². The van der Waals surface area contributed by atoms with Gasteiger partial charge in [-0.2, -0.15) is 0 Å². The first kappa shape index (κ1) is 12.5. The van der Waals surface area contributed by atoms with Crippen LogP contribution in [0, 0.1) is 5.82 Å². The summed E-state index contributed by atoms with van der Waals surface area (Å²) in [7, 11) is 0. The predicted molar refractivity (Wildman–Crippen MR) is 71.2 cm³/mol. The molecule has 1 nitrogen and oxygen atoms in total. The van der Waals surface area contributed by atoms with Crippen molar-refractivity contribution in [1.82, 2.24) is 4.98 Å². The Bertz CT molecular complexity index is 524. The molecule has 17 heavy (non-hydrogen) atoms. The normalized spacial score (nSPS) is 12.7. The van der Waals surface area contributed by atoms with E-state index in [0.29, 0.717) is 16.5 Å².